The van der Waals surface area contributed by atoms with Crippen LogP contribution in [0.2, 0.25) is 102 Å². The van der Waals surface area contributed by atoms with Gasteiger partial charge in [-0.2, -0.15) is 0 Å². The Bertz CT molecular complexity index is 1650. The van der Waals surface area contributed by atoms with Gasteiger partial charge in [-0.05, 0) is 14.1 Å². The van der Waals surface area contributed by atoms with Crippen LogP contribution in [0.25, 0.3) is 0 Å². The Labute approximate surface area is 402 Å². The van der Waals surface area contributed by atoms with E-state index < -0.39 is 0 Å². The molecule has 0 saturated carbocycles. The third-order valence-electron chi connectivity index (χ3n) is 16.9. The Balaban J connectivity index is 1.19. The minimum Gasteiger partial charge on any atom is -0.375 e. The lowest BCUT2D eigenvalue weighted by Gasteiger charge is -2.62. The minimum atomic E-state index is -0.262. The summed E-state index contributed by atoms with van der Waals surface area (Å²) >= 11 is 0. The number of fused-ring (bicyclic) bond motifs is 18. The Morgan fingerprint density at radius 1 is 0.262 bits per heavy atom. The van der Waals surface area contributed by atoms with Gasteiger partial charge in [0.1, 0.15) is 0 Å². The highest BCUT2D eigenvalue weighted by molar-refractivity contribution is 7.11. The van der Waals surface area contributed by atoms with E-state index in [0.29, 0.717) is 7.55 Å². The monoisotopic (exact) mass is 871 g/mol. The first kappa shape index (κ1) is 50.5. The van der Waals surface area contributed by atoms with Gasteiger partial charge in [0, 0.05) is 0 Å². The first-order valence-electron chi connectivity index (χ1n) is 25.0. The highest BCUT2D eigenvalue weighted by atomic mass is 15.4. The van der Waals surface area contributed by atoms with Gasteiger partial charge in [0.2, 0.25) is 0 Å². The molecule has 14 N–H and O–H groups in total. The molecule has 9 fully saturated rings. The molecule has 48 heteroatoms. The van der Waals surface area contributed by atoms with E-state index in [4.69, 9.17) is 0 Å². The maximum Gasteiger partial charge on any atom is 0.360 e. The van der Waals surface area contributed by atoms with Gasteiger partial charge in [-0.3, -0.25) is 0 Å². The number of hydrogen-bond donors (Lipinski definition) is 14. The van der Waals surface area contributed by atoms with Crippen molar-refractivity contribution < 1.29 is 0 Å². The van der Waals surface area contributed by atoms with E-state index >= 15 is 0 Å². The molecule has 0 aromatic heterocycles. The Morgan fingerprint density at radius 3 is 1.17 bits per heavy atom. The number of hydrogen-bond acceptors (Lipinski definition) is 24. The number of rotatable bonds is 2. The van der Waals surface area contributed by atoms with Gasteiger partial charge in [-0.15, -0.1) is 0 Å². The largest absolute Gasteiger partial charge is 0.375 e. The Hall–Kier alpha value is 0.598. The first-order chi connectivity index (χ1) is 30.8. The van der Waals surface area contributed by atoms with Gasteiger partial charge < -0.3 is 118 Å². The van der Waals surface area contributed by atoms with E-state index in [1.165, 1.54) is 0 Å². The molecular weight excluding hydrogens is 800 g/mol. The van der Waals surface area contributed by atoms with Gasteiger partial charge >= 0.3 is 56.9 Å². The molecular formula is C17H66B24N24. The smallest absolute Gasteiger partial charge is 0.360 e. The van der Waals surface area contributed by atoms with E-state index in [1.807, 2.05) is 0 Å². The van der Waals surface area contributed by atoms with Crippen molar-refractivity contribution in [2.75, 3.05) is 14.1 Å². The van der Waals surface area contributed by atoms with E-state index in [2.05, 4.69) is 235 Å². The highest BCUT2D eigenvalue weighted by Crippen LogP contribution is 2.27. The lowest BCUT2D eigenvalue weighted by Crippen LogP contribution is -2.98. The minimum absolute atomic E-state index is 0.000884. The van der Waals surface area contributed by atoms with Gasteiger partial charge in [-0.25, -0.2) is 0 Å². The fraction of sp³-hybridized carbons (Fsp3) is 1.00. The normalized spacial score (nSPS) is 32.2. The van der Waals surface area contributed by atoms with Crippen LogP contribution in [0.3, 0.4) is 0 Å². The second kappa shape index (κ2) is 19.9. The molecule has 0 radical (unpaired) electrons. The van der Waals surface area contributed by atoms with Crippen LogP contribution in [0.4, 0.5) is 0 Å². The van der Waals surface area contributed by atoms with Gasteiger partial charge in [0.25, 0.3) is 112 Å². The summed E-state index contributed by atoms with van der Waals surface area (Å²) in [5.41, 5.74) is 0. The summed E-state index contributed by atoms with van der Waals surface area (Å²) in [4.78, 5) is 0. The highest BCUT2D eigenvalue weighted by Gasteiger charge is 2.63. The zero-order valence-electron chi connectivity index (χ0n) is 42.5. The molecule has 9 rings (SSSR count). The maximum absolute atomic E-state index is 4.21. The third-order valence-corrected chi connectivity index (χ3v) is 16.9. The summed E-state index contributed by atoms with van der Waals surface area (Å²) in [6.07, 6.45) is 0. The second-order valence-corrected chi connectivity index (χ2v) is 20.7. The van der Waals surface area contributed by atoms with Crippen LogP contribution in [0.15, 0.2) is 0 Å². The Morgan fingerprint density at radius 2 is 0.631 bits per heavy atom. The van der Waals surface area contributed by atoms with E-state index in [-0.39, 0.29) is 162 Å². The second-order valence-electron chi connectivity index (χ2n) is 20.7. The Kier molecular flexibility index (Phi) is 15.5. The van der Waals surface area contributed by atoms with Crippen molar-refractivity contribution in [3.63, 3.8) is 0 Å². The molecule has 9 aliphatic rings. The quantitative estimate of drug-likeness (QED) is 0.117. The van der Waals surface area contributed by atoms with E-state index in [1.54, 1.807) is 0 Å². The van der Waals surface area contributed by atoms with E-state index in [9.17, 15) is 0 Å². The lowest BCUT2D eigenvalue weighted by atomic mass is 9.31. The molecule has 24 nitrogen and oxygen atoms in total. The van der Waals surface area contributed by atoms with Crippen molar-refractivity contribution in [1.82, 2.24) is 118 Å². The van der Waals surface area contributed by atoms with Crippen molar-refractivity contribution in [1.29, 1.82) is 0 Å². The molecule has 9 heterocycles. The first-order valence-corrected chi connectivity index (χ1v) is 25.0. The molecule has 0 aromatic rings. The molecule has 6 atom stereocenters. The zero-order valence-corrected chi connectivity index (χ0v) is 42.5. The van der Waals surface area contributed by atoms with Gasteiger partial charge in [0.05, 0.1) is 0 Å². The molecule has 65 heavy (non-hydrogen) atoms. The third kappa shape index (κ3) is 9.12. The van der Waals surface area contributed by atoms with Crippen molar-refractivity contribution in [3.05, 3.63) is 0 Å². The predicted octanol–water partition coefficient (Wildman–Crippen LogP) is -10.4. The van der Waals surface area contributed by atoms with Crippen molar-refractivity contribution >= 4 is 169 Å². The summed E-state index contributed by atoms with van der Waals surface area (Å²) in [5, 5.41) is 55.6. The van der Waals surface area contributed by atoms with Crippen molar-refractivity contribution in [3.8, 4) is 0 Å². The maximum atomic E-state index is 4.21. The molecule has 0 amide bonds. The predicted molar refractivity (Wildman–Crippen MR) is 302 cm³/mol. The summed E-state index contributed by atoms with van der Waals surface area (Å²) < 4.78 is 25.8. The van der Waals surface area contributed by atoms with E-state index in [0.717, 1.165) is 0 Å². The number of nitrogens with zero attached hydrogens (tertiary/aromatic N) is 10. The average Bonchev–Trinajstić information content (AvgIpc) is 3.21. The van der Waals surface area contributed by atoms with Gasteiger partial charge in [-0.1, -0.05) is 102 Å². The molecule has 0 aliphatic carbocycles. The topological polar surface area (TPSA) is 201 Å². The average molecular weight is 866 g/mol. The molecule has 9 aliphatic heterocycles. The summed E-state index contributed by atoms with van der Waals surface area (Å²) in [7, 11) is 3.88. The summed E-state index contributed by atoms with van der Waals surface area (Å²) in [5.74, 6) is 0. The fourth-order valence-corrected chi connectivity index (χ4v) is 13.4. The molecule has 12 bridgehead atoms. The lowest BCUT2D eigenvalue weighted by molar-refractivity contribution is 0.589. The van der Waals surface area contributed by atoms with Gasteiger partial charge in [0.15, 0.2) is 0 Å². The van der Waals surface area contributed by atoms with Crippen LogP contribution in [0.5, 0.6) is 0 Å². The van der Waals surface area contributed by atoms with Crippen LogP contribution in [0, 0.1) is 0 Å². The zero-order chi connectivity index (χ0) is 46.7. The van der Waals surface area contributed by atoms with Crippen LogP contribution in [-0.2, 0) is 0 Å². The van der Waals surface area contributed by atoms with Crippen LogP contribution in [-0.4, -0.2) is 230 Å². The van der Waals surface area contributed by atoms with Crippen molar-refractivity contribution in [2.24, 2.45) is 0 Å². The molecule has 326 valence electrons. The summed E-state index contributed by atoms with van der Waals surface area (Å²) in [6.45, 7) is 35.8. The molecule has 0 spiro atoms. The molecule has 9 saturated heterocycles. The SMILES string of the molecule is CB1NB(C)N(B2NB3NB(N2)N2B(C)N(B4NBNB(C)N4)B(C)N(B4NB(C)NB(N4)N4B(C)N(C)B(C)N(B5NB(NB(C)N5C)N5B(C)NB(C)N3B5C)B4C)B2C)B(C)N1. The standard InChI is InChI=1S/C17H66B24N24/c1-19-42-18-43-34(46-19)62-30(12)63-32(14)64(31(62)13)40-53-38(58-23(5)44-20(2)45-24(58)6)52-39(54-40)60-26(8)49-25(7)59(29(60)11)37-50-22(4)56(16)41(55-37)65-28(10)57(17)27(9)61(33(65)15)35-47-21(3)48-36(63)51-35/h18,42-55H,1-17H3. The van der Waals surface area contributed by atoms with Crippen LogP contribution >= 0.6 is 0 Å². The molecule has 6 unspecified atom stereocenters. The van der Waals surface area contributed by atoms with Crippen LogP contribution in [0.1, 0.15) is 0 Å². The molecule has 0 aromatic carbocycles. The fourth-order valence-electron chi connectivity index (χ4n) is 13.4. The number of nitrogens with one attached hydrogen (secondary N) is 14. The van der Waals surface area contributed by atoms with Crippen LogP contribution < -0.4 is 71.9 Å². The van der Waals surface area contributed by atoms with Crippen molar-refractivity contribution in [2.45, 2.75) is 102 Å². The summed E-state index contributed by atoms with van der Waals surface area (Å²) in [6, 6.07) is 0.